The molecule has 2 N–H and O–H groups in total. The van der Waals surface area contributed by atoms with Crippen molar-refractivity contribution >= 4 is 28.8 Å². The van der Waals surface area contributed by atoms with E-state index in [4.69, 9.17) is 0 Å². The number of para-hydroxylation sites is 1. The van der Waals surface area contributed by atoms with Crippen molar-refractivity contribution in [1.29, 1.82) is 0 Å². The molecule has 212 valence electrons. The molecule has 0 saturated carbocycles. The van der Waals surface area contributed by atoms with E-state index in [1.54, 1.807) is 23.0 Å². The number of carbonyl (C=O) groups excluding carboxylic acids is 2. The third-order valence-electron chi connectivity index (χ3n) is 7.49. The summed E-state index contributed by atoms with van der Waals surface area (Å²) in [7, 11) is 2.11. The van der Waals surface area contributed by atoms with Crippen molar-refractivity contribution in [3.8, 4) is 11.1 Å². The second kappa shape index (κ2) is 11.8. The lowest BCUT2D eigenvalue weighted by Crippen LogP contribution is -2.45. The molecule has 5 aromatic rings. The Labute approximate surface area is 242 Å². The minimum Gasteiger partial charge on any atom is -0.369 e. The van der Waals surface area contributed by atoms with Crippen molar-refractivity contribution in [3.05, 3.63) is 114 Å². The zero-order valence-corrected chi connectivity index (χ0v) is 23.1. The monoisotopic (exact) mass is 563 g/mol. The molecular weight excluding hydrogens is 533 g/mol. The first kappa shape index (κ1) is 27.1. The van der Waals surface area contributed by atoms with Crippen LogP contribution in [0.15, 0.2) is 91.5 Å². The van der Waals surface area contributed by atoms with E-state index in [0.717, 1.165) is 48.6 Å². The number of nitrogens with one attached hydrogen (secondary N) is 2. The normalized spacial score (nSPS) is 13.7. The molecule has 0 atom stereocenters. The summed E-state index contributed by atoms with van der Waals surface area (Å²) in [6.45, 7) is 4.11. The van der Waals surface area contributed by atoms with E-state index in [1.165, 1.54) is 24.4 Å². The highest BCUT2D eigenvalue weighted by Crippen LogP contribution is 2.24. The summed E-state index contributed by atoms with van der Waals surface area (Å²) < 4.78 is 16.4. The number of aromatic nitrogens is 3. The van der Waals surface area contributed by atoms with Crippen molar-refractivity contribution in [2.45, 2.75) is 6.54 Å². The number of fused-ring (bicyclic) bond motifs is 1. The van der Waals surface area contributed by atoms with E-state index in [2.05, 4.69) is 43.5 Å². The van der Waals surface area contributed by atoms with E-state index >= 15 is 0 Å². The quantitative estimate of drug-likeness (QED) is 0.304. The fraction of sp³-hybridized carbons (Fsp3) is 0.188. The summed E-state index contributed by atoms with van der Waals surface area (Å²) in [4.78, 5) is 39.3. The Kier molecular flexibility index (Phi) is 7.61. The summed E-state index contributed by atoms with van der Waals surface area (Å²) in [5, 5.41) is 5.54. The van der Waals surface area contributed by atoms with Gasteiger partial charge in [-0.15, -0.1) is 0 Å². The van der Waals surface area contributed by atoms with Crippen LogP contribution < -0.4 is 15.5 Å². The van der Waals surface area contributed by atoms with Crippen LogP contribution >= 0.6 is 0 Å². The summed E-state index contributed by atoms with van der Waals surface area (Å²) in [5.41, 5.74) is 4.88. The van der Waals surface area contributed by atoms with Gasteiger partial charge >= 0.3 is 0 Å². The Morgan fingerprint density at radius 1 is 0.905 bits per heavy atom. The Hall–Kier alpha value is -5.09. The van der Waals surface area contributed by atoms with Gasteiger partial charge in [0.15, 0.2) is 0 Å². The van der Waals surface area contributed by atoms with E-state index < -0.39 is 11.7 Å². The van der Waals surface area contributed by atoms with Crippen LogP contribution in [-0.4, -0.2) is 64.3 Å². The van der Waals surface area contributed by atoms with E-state index in [0.29, 0.717) is 12.2 Å². The lowest BCUT2D eigenvalue weighted by atomic mass is 10.1. The van der Waals surface area contributed by atoms with Gasteiger partial charge in [0.1, 0.15) is 17.2 Å². The lowest BCUT2D eigenvalue weighted by molar-refractivity contribution is 0.0949. The Morgan fingerprint density at radius 3 is 2.55 bits per heavy atom. The molecule has 6 rings (SSSR count). The summed E-state index contributed by atoms with van der Waals surface area (Å²) >= 11 is 0. The van der Waals surface area contributed by atoms with Crippen LogP contribution in [0.3, 0.4) is 0 Å². The standard InChI is InChI=1S/C32H30FN7O2/c1-38-13-15-39(16-14-38)28-7-3-2-5-25(28)20-36-31(41)23-8-9-26(33)27(17-23)37-32(42)29-21-35-30-18-22(10-12-40(29)30)24-6-4-11-34-19-24/h2-12,17-19,21H,13-16,20H2,1H3,(H,36,41)(H,37,42). The summed E-state index contributed by atoms with van der Waals surface area (Å²) in [5.74, 6) is -1.56. The first-order chi connectivity index (χ1) is 20.5. The first-order valence-corrected chi connectivity index (χ1v) is 13.7. The molecule has 1 aliphatic rings. The minimum atomic E-state index is -0.645. The number of likely N-dealkylation sites (N-methyl/N-ethyl adjacent to an activating group) is 1. The van der Waals surface area contributed by atoms with Gasteiger partial charge < -0.3 is 20.4 Å². The Balaban J connectivity index is 1.15. The Morgan fingerprint density at radius 2 is 1.74 bits per heavy atom. The second-order valence-electron chi connectivity index (χ2n) is 10.3. The predicted octanol–water partition coefficient (Wildman–Crippen LogP) is 4.47. The van der Waals surface area contributed by atoms with Crippen molar-refractivity contribution in [2.75, 3.05) is 43.4 Å². The maximum Gasteiger partial charge on any atom is 0.274 e. The van der Waals surface area contributed by atoms with E-state index in [9.17, 15) is 14.0 Å². The van der Waals surface area contributed by atoms with Crippen LogP contribution in [0.2, 0.25) is 0 Å². The third-order valence-corrected chi connectivity index (χ3v) is 7.49. The number of halogens is 1. The molecule has 1 saturated heterocycles. The lowest BCUT2D eigenvalue weighted by Gasteiger charge is -2.35. The molecule has 0 bridgehead atoms. The molecular formula is C32H30FN7O2. The van der Waals surface area contributed by atoms with Crippen molar-refractivity contribution in [1.82, 2.24) is 24.6 Å². The average molecular weight is 564 g/mol. The van der Waals surface area contributed by atoms with Crippen molar-refractivity contribution in [2.24, 2.45) is 0 Å². The second-order valence-corrected chi connectivity index (χ2v) is 10.3. The number of imidazole rings is 1. The maximum atomic E-state index is 14.7. The number of anilines is 2. The third kappa shape index (κ3) is 5.70. The number of carbonyl (C=O) groups is 2. The molecule has 2 amide bonds. The molecule has 0 unspecified atom stereocenters. The van der Waals surface area contributed by atoms with Crippen LogP contribution in [0.1, 0.15) is 26.4 Å². The first-order valence-electron chi connectivity index (χ1n) is 13.7. The number of piperazine rings is 1. The topological polar surface area (TPSA) is 94.9 Å². The number of rotatable bonds is 7. The van der Waals surface area contributed by atoms with Gasteiger partial charge in [0, 0.05) is 68.1 Å². The molecule has 10 heteroatoms. The molecule has 1 fully saturated rings. The van der Waals surface area contributed by atoms with Gasteiger partial charge in [0.25, 0.3) is 11.8 Å². The van der Waals surface area contributed by atoms with E-state index in [-0.39, 0.29) is 22.9 Å². The fourth-order valence-electron chi connectivity index (χ4n) is 5.10. The highest BCUT2D eigenvalue weighted by Gasteiger charge is 2.19. The van der Waals surface area contributed by atoms with Crippen LogP contribution in [0, 0.1) is 5.82 Å². The molecule has 2 aromatic carbocycles. The summed E-state index contributed by atoms with van der Waals surface area (Å²) in [6.07, 6.45) is 6.62. The molecule has 4 heterocycles. The number of amides is 2. The van der Waals surface area contributed by atoms with Gasteiger partial charge in [-0.25, -0.2) is 9.37 Å². The maximum absolute atomic E-state index is 14.7. The molecule has 3 aromatic heterocycles. The number of nitrogens with zero attached hydrogens (tertiary/aromatic N) is 5. The molecule has 0 aliphatic carbocycles. The van der Waals surface area contributed by atoms with Crippen LogP contribution in [0.25, 0.3) is 16.8 Å². The van der Waals surface area contributed by atoms with Gasteiger partial charge in [0.05, 0.1) is 11.9 Å². The average Bonchev–Trinajstić information content (AvgIpc) is 3.45. The Bertz CT molecular complexity index is 1750. The smallest absolute Gasteiger partial charge is 0.274 e. The number of hydrogen-bond acceptors (Lipinski definition) is 6. The van der Waals surface area contributed by atoms with Gasteiger partial charge in [-0.3, -0.25) is 19.0 Å². The zero-order valence-electron chi connectivity index (χ0n) is 23.1. The molecule has 1 aliphatic heterocycles. The predicted molar refractivity (Wildman–Crippen MR) is 160 cm³/mol. The van der Waals surface area contributed by atoms with Crippen molar-refractivity contribution < 1.29 is 14.0 Å². The van der Waals surface area contributed by atoms with Gasteiger partial charge in [-0.2, -0.15) is 0 Å². The van der Waals surface area contributed by atoms with Crippen LogP contribution in [-0.2, 0) is 6.54 Å². The van der Waals surface area contributed by atoms with Crippen LogP contribution in [0.5, 0.6) is 0 Å². The van der Waals surface area contributed by atoms with Crippen molar-refractivity contribution in [3.63, 3.8) is 0 Å². The largest absolute Gasteiger partial charge is 0.369 e. The van der Waals surface area contributed by atoms with Crippen LogP contribution in [0.4, 0.5) is 15.8 Å². The number of benzene rings is 2. The fourth-order valence-corrected chi connectivity index (χ4v) is 5.10. The van der Waals surface area contributed by atoms with Gasteiger partial charge in [-0.05, 0) is 60.6 Å². The van der Waals surface area contributed by atoms with E-state index in [1.807, 2.05) is 42.5 Å². The zero-order chi connectivity index (χ0) is 29.1. The molecule has 9 nitrogen and oxygen atoms in total. The molecule has 0 radical (unpaired) electrons. The van der Waals surface area contributed by atoms with Gasteiger partial charge in [0.2, 0.25) is 0 Å². The number of hydrogen-bond donors (Lipinski definition) is 2. The highest BCUT2D eigenvalue weighted by molar-refractivity contribution is 6.04. The molecule has 42 heavy (non-hydrogen) atoms. The molecule has 0 spiro atoms. The SMILES string of the molecule is CN1CCN(c2ccccc2CNC(=O)c2ccc(F)c(NC(=O)c3cnc4cc(-c5cccnc5)ccn34)c2)CC1. The van der Waals surface area contributed by atoms with Gasteiger partial charge in [-0.1, -0.05) is 24.3 Å². The summed E-state index contributed by atoms with van der Waals surface area (Å²) in [6, 6.07) is 19.4. The number of pyridine rings is 2. The minimum absolute atomic E-state index is 0.0904. The highest BCUT2D eigenvalue weighted by atomic mass is 19.1.